The number of halogens is 3. The Bertz CT molecular complexity index is 892. The van der Waals surface area contributed by atoms with E-state index in [-0.39, 0.29) is 11.6 Å². The van der Waals surface area contributed by atoms with Crippen LogP contribution in [0.25, 0.3) is 6.08 Å². The van der Waals surface area contributed by atoms with E-state index in [1.807, 2.05) is 0 Å². The molecule has 2 rings (SSSR count). The van der Waals surface area contributed by atoms with Crippen LogP contribution in [0.2, 0.25) is 0 Å². The van der Waals surface area contributed by atoms with Gasteiger partial charge in [-0.25, -0.2) is 5.48 Å². The quantitative estimate of drug-likeness (QED) is 0.453. The maximum atomic E-state index is 13.0. The van der Waals surface area contributed by atoms with Crippen LogP contribution in [0.4, 0.5) is 18.9 Å². The Kier molecular flexibility index (Phi) is 6.58. The number of nitrogens with one attached hydrogen (secondary N) is 1. The highest BCUT2D eigenvalue weighted by Gasteiger charge is 2.32. The van der Waals surface area contributed by atoms with Gasteiger partial charge in [0.15, 0.2) is 0 Å². The van der Waals surface area contributed by atoms with Crippen molar-refractivity contribution in [3.63, 3.8) is 0 Å². The van der Waals surface area contributed by atoms with Gasteiger partial charge >= 0.3 is 6.18 Å². The van der Waals surface area contributed by atoms with Gasteiger partial charge in [0.05, 0.1) is 11.3 Å². The summed E-state index contributed by atoms with van der Waals surface area (Å²) in [6.07, 6.45) is -2.08. The lowest BCUT2D eigenvalue weighted by Gasteiger charge is -2.28. The predicted octanol–water partition coefficient (Wildman–Crippen LogP) is 4.28. The SMILES string of the molecule is CC(C)N(C(=O)c1cccc(C(F)(F)F)c1)c1ccccc1/C=C/C(=O)NO. The maximum absolute atomic E-state index is 13.0. The van der Waals surface area contributed by atoms with Gasteiger partial charge in [0.25, 0.3) is 11.8 Å². The van der Waals surface area contributed by atoms with Crippen molar-refractivity contribution >= 4 is 23.6 Å². The maximum Gasteiger partial charge on any atom is 0.416 e. The van der Waals surface area contributed by atoms with Gasteiger partial charge in [-0.05, 0) is 49.8 Å². The summed E-state index contributed by atoms with van der Waals surface area (Å²) in [6, 6.07) is 10.5. The van der Waals surface area contributed by atoms with Crippen LogP contribution in [0, 0.1) is 0 Å². The highest BCUT2D eigenvalue weighted by Crippen LogP contribution is 2.31. The Morgan fingerprint density at radius 3 is 2.39 bits per heavy atom. The van der Waals surface area contributed by atoms with E-state index < -0.39 is 23.6 Å². The normalized spacial score (nSPS) is 11.7. The number of hydrogen-bond acceptors (Lipinski definition) is 3. The van der Waals surface area contributed by atoms with E-state index in [2.05, 4.69) is 0 Å². The minimum atomic E-state index is -4.56. The molecule has 2 aromatic carbocycles. The number of alkyl halides is 3. The summed E-state index contributed by atoms with van der Waals surface area (Å²) in [4.78, 5) is 25.6. The van der Waals surface area contributed by atoms with Crippen LogP contribution in [0.15, 0.2) is 54.6 Å². The zero-order valence-electron chi connectivity index (χ0n) is 15.2. The lowest BCUT2D eigenvalue weighted by molar-refractivity contribution is -0.137. The van der Waals surface area contributed by atoms with E-state index >= 15 is 0 Å². The number of carbonyl (C=O) groups is 2. The standard InChI is InChI=1S/C20H19F3N2O3/c1-13(2)25(17-9-4-3-6-14(17)10-11-18(26)24-28)19(27)15-7-5-8-16(12-15)20(21,22)23/h3-13,28H,1-2H3,(H,24,26)/b11-10+. The van der Waals surface area contributed by atoms with Gasteiger partial charge in [-0.2, -0.15) is 13.2 Å². The number of carbonyl (C=O) groups excluding carboxylic acids is 2. The molecule has 0 atom stereocenters. The molecule has 8 heteroatoms. The third-order valence-electron chi connectivity index (χ3n) is 3.89. The Hall–Kier alpha value is -3.13. The van der Waals surface area contributed by atoms with Crippen molar-refractivity contribution in [3.05, 3.63) is 71.3 Å². The van der Waals surface area contributed by atoms with Gasteiger partial charge in [0, 0.05) is 17.7 Å². The molecule has 0 aliphatic carbocycles. The van der Waals surface area contributed by atoms with Crippen molar-refractivity contribution in [1.29, 1.82) is 0 Å². The number of anilines is 1. The molecule has 0 saturated carbocycles. The topological polar surface area (TPSA) is 69.6 Å². The molecule has 0 aliphatic rings. The molecular formula is C20H19F3N2O3. The summed E-state index contributed by atoms with van der Waals surface area (Å²) in [7, 11) is 0. The van der Waals surface area contributed by atoms with Crippen molar-refractivity contribution in [2.75, 3.05) is 4.90 Å². The fourth-order valence-corrected chi connectivity index (χ4v) is 2.64. The summed E-state index contributed by atoms with van der Waals surface area (Å²) in [5.74, 6) is -1.36. The average Bonchev–Trinajstić information content (AvgIpc) is 2.66. The van der Waals surface area contributed by atoms with Gasteiger partial charge in [-0.1, -0.05) is 24.3 Å². The molecule has 0 unspecified atom stereocenters. The Balaban J connectivity index is 2.49. The van der Waals surface area contributed by atoms with E-state index in [1.165, 1.54) is 28.6 Å². The molecule has 0 aliphatic heterocycles. The fraction of sp³-hybridized carbons (Fsp3) is 0.200. The molecule has 0 aromatic heterocycles. The molecule has 0 spiro atoms. The molecule has 0 radical (unpaired) electrons. The van der Waals surface area contributed by atoms with E-state index in [1.54, 1.807) is 38.1 Å². The molecule has 2 N–H and O–H groups in total. The molecule has 28 heavy (non-hydrogen) atoms. The smallest absolute Gasteiger partial charge is 0.305 e. The minimum Gasteiger partial charge on any atom is -0.305 e. The minimum absolute atomic E-state index is 0.101. The van der Waals surface area contributed by atoms with Crippen molar-refractivity contribution in [2.24, 2.45) is 0 Å². The third kappa shape index (κ3) is 4.98. The molecule has 148 valence electrons. The first kappa shape index (κ1) is 21.2. The van der Waals surface area contributed by atoms with Crippen LogP contribution in [0.1, 0.15) is 35.3 Å². The lowest BCUT2D eigenvalue weighted by atomic mass is 10.1. The number of benzene rings is 2. The van der Waals surface area contributed by atoms with Crippen LogP contribution >= 0.6 is 0 Å². The van der Waals surface area contributed by atoms with Gasteiger partial charge in [0.2, 0.25) is 0 Å². The van der Waals surface area contributed by atoms with Crippen molar-refractivity contribution < 1.29 is 28.0 Å². The second kappa shape index (κ2) is 8.71. The first-order valence-electron chi connectivity index (χ1n) is 8.37. The van der Waals surface area contributed by atoms with Crippen LogP contribution in [0.3, 0.4) is 0 Å². The summed E-state index contributed by atoms with van der Waals surface area (Å²) in [5.41, 5.74) is 1.36. The Labute approximate surface area is 160 Å². The predicted molar refractivity (Wildman–Crippen MR) is 98.8 cm³/mol. The second-order valence-corrected chi connectivity index (χ2v) is 6.22. The van der Waals surface area contributed by atoms with Crippen molar-refractivity contribution in [1.82, 2.24) is 5.48 Å². The van der Waals surface area contributed by atoms with Crippen LogP contribution in [0.5, 0.6) is 0 Å². The monoisotopic (exact) mass is 392 g/mol. The van der Waals surface area contributed by atoms with Crippen molar-refractivity contribution in [3.8, 4) is 0 Å². The van der Waals surface area contributed by atoms with E-state index in [4.69, 9.17) is 5.21 Å². The van der Waals surface area contributed by atoms with Gasteiger partial charge in [-0.15, -0.1) is 0 Å². The number of nitrogens with zero attached hydrogens (tertiary/aromatic N) is 1. The van der Waals surface area contributed by atoms with E-state index in [0.29, 0.717) is 11.3 Å². The molecule has 0 saturated heterocycles. The zero-order valence-corrected chi connectivity index (χ0v) is 15.2. The van der Waals surface area contributed by atoms with E-state index in [9.17, 15) is 22.8 Å². The first-order valence-corrected chi connectivity index (χ1v) is 8.37. The number of rotatable bonds is 5. The first-order chi connectivity index (χ1) is 13.1. The molecule has 2 aromatic rings. The molecule has 5 nitrogen and oxygen atoms in total. The number of hydroxylamine groups is 1. The summed E-state index contributed by atoms with van der Waals surface area (Å²) < 4.78 is 39.0. The molecule has 0 bridgehead atoms. The molecular weight excluding hydrogens is 373 g/mol. The van der Waals surface area contributed by atoms with Crippen molar-refractivity contribution in [2.45, 2.75) is 26.1 Å². The van der Waals surface area contributed by atoms with E-state index in [0.717, 1.165) is 18.2 Å². The Morgan fingerprint density at radius 1 is 1.11 bits per heavy atom. The Morgan fingerprint density at radius 2 is 1.79 bits per heavy atom. The van der Waals surface area contributed by atoms with Gasteiger partial charge < -0.3 is 4.90 Å². The van der Waals surface area contributed by atoms with Crippen LogP contribution in [-0.2, 0) is 11.0 Å². The molecule has 0 heterocycles. The van der Waals surface area contributed by atoms with Gasteiger partial charge in [0.1, 0.15) is 0 Å². The van der Waals surface area contributed by atoms with Crippen LogP contribution < -0.4 is 10.4 Å². The molecule has 2 amide bonds. The summed E-state index contributed by atoms with van der Waals surface area (Å²) in [6.45, 7) is 3.46. The summed E-state index contributed by atoms with van der Waals surface area (Å²) in [5, 5.41) is 8.60. The number of para-hydroxylation sites is 1. The molecule has 0 fully saturated rings. The largest absolute Gasteiger partial charge is 0.416 e. The highest BCUT2D eigenvalue weighted by atomic mass is 19.4. The average molecular weight is 392 g/mol. The second-order valence-electron chi connectivity index (χ2n) is 6.22. The summed E-state index contributed by atoms with van der Waals surface area (Å²) >= 11 is 0. The fourth-order valence-electron chi connectivity index (χ4n) is 2.64. The lowest BCUT2D eigenvalue weighted by Crippen LogP contribution is -2.37. The number of amides is 2. The third-order valence-corrected chi connectivity index (χ3v) is 3.89. The van der Waals surface area contributed by atoms with Gasteiger partial charge in [-0.3, -0.25) is 14.8 Å². The zero-order chi connectivity index (χ0) is 20.9. The van der Waals surface area contributed by atoms with Crippen LogP contribution in [-0.4, -0.2) is 23.1 Å². The number of hydrogen-bond donors (Lipinski definition) is 2. The highest BCUT2D eigenvalue weighted by molar-refractivity contribution is 6.07.